The number of fused-ring (bicyclic) bond motifs is 1. The van der Waals surface area contributed by atoms with Crippen LogP contribution in [0.25, 0.3) is 0 Å². The van der Waals surface area contributed by atoms with Gasteiger partial charge in [-0.15, -0.1) is 0 Å². The Balaban J connectivity index is 2.16. The number of hydrogen-bond acceptors (Lipinski definition) is 2. The topological polar surface area (TPSA) is 29.3 Å². The maximum Gasteiger partial charge on any atom is 0.405 e. The molecule has 1 aliphatic heterocycles. The van der Waals surface area contributed by atoms with Gasteiger partial charge in [0.15, 0.2) is 0 Å². The highest BCUT2D eigenvalue weighted by Gasteiger charge is 2.43. The van der Waals surface area contributed by atoms with Gasteiger partial charge in [-0.1, -0.05) is 24.3 Å². The van der Waals surface area contributed by atoms with Crippen molar-refractivity contribution < 1.29 is 13.2 Å². The lowest BCUT2D eigenvalue weighted by molar-refractivity contribution is -0.183. The fraction of sp³-hybridized carbons (Fsp3) is 0.500. The van der Waals surface area contributed by atoms with Gasteiger partial charge in [0.05, 0.1) is 0 Å². The molecule has 0 aromatic heterocycles. The monoisotopic (exact) mass is 244 g/mol. The third-order valence-corrected chi connectivity index (χ3v) is 3.20. The first-order valence-corrected chi connectivity index (χ1v) is 5.60. The highest BCUT2D eigenvalue weighted by atomic mass is 19.4. The second-order valence-corrected chi connectivity index (χ2v) is 4.28. The van der Waals surface area contributed by atoms with Crippen molar-refractivity contribution in [2.24, 2.45) is 5.73 Å². The maximum absolute atomic E-state index is 12.8. The van der Waals surface area contributed by atoms with E-state index in [4.69, 9.17) is 5.73 Å². The van der Waals surface area contributed by atoms with Crippen molar-refractivity contribution in [3.63, 3.8) is 0 Å². The van der Waals surface area contributed by atoms with Gasteiger partial charge in [0.25, 0.3) is 0 Å². The molecule has 2 N–H and O–H groups in total. The van der Waals surface area contributed by atoms with E-state index in [9.17, 15) is 13.2 Å². The van der Waals surface area contributed by atoms with Crippen LogP contribution in [0.3, 0.4) is 0 Å². The van der Waals surface area contributed by atoms with Crippen molar-refractivity contribution in [3.05, 3.63) is 35.4 Å². The maximum atomic E-state index is 12.8. The molecule has 0 saturated heterocycles. The van der Waals surface area contributed by atoms with E-state index in [1.807, 2.05) is 24.3 Å². The summed E-state index contributed by atoms with van der Waals surface area (Å²) in [6, 6.07) is 6.09. The molecule has 0 saturated carbocycles. The molecule has 0 spiro atoms. The van der Waals surface area contributed by atoms with Crippen LogP contribution in [0.15, 0.2) is 24.3 Å². The number of hydrogen-bond donors (Lipinski definition) is 1. The minimum atomic E-state index is -4.25. The zero-order valence-corrected chi connectivity index (χ0v) is 9.37. The number of rotatable bonds is 2. The first-order chi connectivity index (χ1) is 8.02. The van der Waals surface area contributed by atoms with Crippen LogP contribution < -0.4 is 5.73 Å². The molecule has 0 bridgehead atoms. The van der Waals surface area contributed by atoms with Crippen LogP contribution in [0, 0.1) is 0 Å². The van der Waals surface area contributed by atoms with E-state index in [2.05, 4.69) is 0 Å². The lowest BCUT2D eigenvalue weighted by Crippen LogP contribution is -2.51. The third kappa shape index (κ3) is 2.61. The van der Waals surface area contributed by atoms with Gasteiger partial charge >= 0.3 is 6.18 Å². The Morgan fingerprint density at radius 3 is 2.47 bits per heavy atom. The number of benzene rings is 1. The molecule has 0 amide bonds. The summed E-state index contributed by atoms with van der Waals surface area (Å²) in [6.45, 7) is 0.363. The zero-order chi connectivity index (χ0) is 12.5. The summed E-state index contributed by atoms with van der Waals surface area (Å²) < 4.78 is 38.3. The summed E-state index contributed by atoms with van der Waals surface area (Å²) in [4.78, 5) is 1.42. The van der Waals surface area contributed by atoms with E-state index in [0.717, 1.165) is 11.1 Å². The molecule has 17 heavy (non-hydrogen) atoms. The molecule has 1 unspecified atom stereocenters. The molecular formula is C12H15F3N2. The van der Waals surface area contributed by atoms with Gasteiger partial charge in [-0.25, -0.2) is 0 Å². The second-order valence-electron chi connectivity index (χ2n) is 4.28. The zero-order valence-electron chi connectivity index (χ0n) is 9.37. The highest BCUT2D eigenvalue weighted by molar-refractivity contribution is 5.29. The first kappa shape index (κ1) is 12.4. The van der Waals surface area contributed by atoms with Crippen LogP contribution in [-0.2, 0) is 13.0 Å². The molecule has 2 nitrogen and oxygen atoms in total. The van der Waals surface area contributed by atoms with E-state index < -0.39 is 12.2 Å². The molecule has 1 aromatic rings. The molecule has 0 radical (unpaired) electrons. The second kappa shape index (κ2) is 4.66. The number of alkyl halides is 3. The van der Waals surface area contributed by atoms with Crippen molar-refractivity contribution in [2.45, 2.75) is 25.2 Å². The minimum Gasteiger partial charge on any atom is -0.329 e. The van der Waals surface area contributed by atoms with Crippen molar-refractivity contribution in [1.29, 1.82) is 0 Å². The van der Waals surface area contributed by atoms with Crippen LogP contribution in [0.4, 0.5) is 13.2 Å². The van der Waals surface area contributed by atoms with Crippen LogP contribution in [0.5, 0.6) is 0 Å². The molecule has 0 fully saturated rings. The Bertz CT molecular complexity index is 390. The third-order valence-electron chi connectivity index (χ3n) is 3.20. The van der Waals surface area contributed by atoms with E-state index >= 15 is 0 Å². The number of nitrogens with zero attached hydrogens (tertiary/aromatic N) is 1. The standard InChI is InChI=1S/C12H15F3N2/c13-12(14,15)11(7-16)17-6-5-9-3-1-2-4-10(9)8-17/h1-4,11H,5-8,16H2. The van der Waals surface area contributed by atoms with Crippen LogP contribution in [0.2, 0.25) is 0 Å². The van der Waals surface area contributed by atoms with Crippen LogP contribution >= 0.6 is 0 Å². The summed E-state index contributed by atoms with van der Waals surface area (Å²) in [5, 5.41) is 0. The highest BCUT2D eigenvalue weighted by Crippen LogP contribution is 2.28. The predicted octanol–water partition coefficient (Wildman–Crippen LogP) is 1.93. The average Bonchev–Trinajstić information content (AvgIpc) is 2.28. The number of halogens is 3. The summed E-state index contributed by atoms with van der Waals surface area (Å²) >= 11 is 0. The van der Waals surface area contributed by atoms with E-state index in [0.29, 0.717) is 19.5 Å². The predicted molar refractivity (Wildman–Crippen MR) is 59.5 cm³/mol. The average molecular weight is 244 g/mol. The van der Waals surface area contributed by atoms with E-state index in [-0.39, 0.29) is 6.54 Å². The van der Waals surface area contributed by atoms with E-state index in [1.165, 1.54) is 4.90 Å². The molecule has 2 rings (SSSR count). The Labute approximate surface area is 98.2 Å². The molecule has 5 heteroatoms. The number of nitrogens with two attached hydrogens (primary N) is 1. The normalized spacial score (nSPS) is 18.8. The summed E-state index contributed by atoms with van der Waals surface area (Å²) in [6.07, 6.45) is -3.59. The largest absolute Gasteiger partial charge is 0.405 e. The fourth-order valence-corrected chi connectivity index (χ4v) is 2.27. The summed E-state index contributed by atoms with van der Waals surface area (Å²) in [5.74, 6) is 0. The molecule has 0 aliphatic carbocycles. The van der Waals surface area contributed by atoms with Crippen molar-refractivity contribution >= 4 is 0 Å². The van der Waals surface area contributed by atoms with Crippen molar-refractivity contribution in [3.8, 4) is 0 Å². The molecule has 1 aliphatic rings. The van der Waals surface area contributed by atoms with Gasteiger partial charge in [-0.2, -0.15) is 13.2 Å². The SMILES string of the molecule is NCC(N1CCc2ccccc2C1)C(F)(F)F. The van der Waals surface area contributed by atoms with Gasteiger partial charge in [-0.3, -0.25) is 4.90 Å². The molecule has 1 heterocycles. The first-order valence-electron chi connectivity index (χ1n) is 5.60. The summed E-state index contributed by atoms with van der Waals surface area (Å²) in [5.41, 5.74) is 7.36. The molecular weight excluding hydrogens is 229 g/mol. The van der Waals surface area contributed by atoms with Gasteiger partial charge in [0.2, 0.25) is 0 Å². The molecule has 1 atom stereocenters. The Kier molecular flexibility index (Phi) is 3.40. The fourth-order valence-electron chi connectivity index (χ4n) is 2.27. The van der Waals surface area contributed by atoms with Gasteiger partial charge in [0.1, 0.15) is 6.04 Å². The van der Waals surface area contributed by atoms with Gasteiger partial charge in [0, 0.05) is 19.6 Å². The van der Waals surface area contributed by atoms with Crippen molar-refractivity contribution in [1.82, 2.24) is 4.90 Å². The minimum absolute atomic E-state index is 0.331. The molecule has 94 valence electrons. The van der Waals surface area contributed by atoms with Gasteiger partial charge < -0.3 is 5.73 Å². The molecule has 1 aromatic carbocycles. The Hall–Kier alpha value is -1.07. The van der Waals surface area contributed by atoms with Gasteiger partial charge in [-0.05, 0) is 17.5 Å². The van der Waals surface area contributed by atoms with Crippen molar-refractivity contribution in [2.75, 3.05) is 13.1 Å². The Morgan fingerprint density at radius 2 is 1.88 bits per heavy atom. The van der Waals surface area contributed by atoms with Crippen LogP contribution in [0.1, 0.15) is 11.1 Å². The lowest BCUT2D eigenvalue weighted by atomic mass is 9.98. The van der Waals surface area contributed by atoms with Crippen LogP contribution in [-0.4, -0.2) is 30.2 Å². The smallest absolute Gasteiger partial charge is 0.329 e. The quantitative estimate of drug-likeness (QED) is 0.861. The van der Waals surface area contributed by atoms with E-state index in [1.54, 1.807) is 0 Å². The Morgan fingerprint density at radius 1 is 1.24 bits per heavy atom. The lowest BCUT2D eigenvalue weighted by Gasteiger charge is -2.35. The summed E-state index contributed by atoms with van der Waals surface area (Å²) in [7, 11) is 0.